The monoisotopic (exact) mass is 354 g/mol. The fourth-order valence-electron chi connectivity index (χ4n) is 1.90. The Morgan fingerprint density at radius 1 is 1.30 bits per heavy atom. The summed E-state index contributed by atoms with van der Waals surface area (Å²) in [7, 11) is 0. The van der Waals surface area contributed by atoms with E-state index in [0.29, 0.717) is 5.82 Å². The van der Waals surface area contributed by atoms with Crippen molar-refractivity contribution < 1.29 is 9.90 Å². The van der Waals surface area contributed by atoms with Gasteiger partial charge in [-0.3, -0.25) is 0 Å². The summed E-state index contributed by atoms with van der Waals surface area (Å²) in [5, 5.41) is 12.3. The minimum Gasteiger partial charge on any atom is -0.476 e. The molecule has 0 fully saturated rings. The fraction of sp³-hybridized carbons (Fsp3) is 0.143. The maximum Gasteiger partial charge on any atom is 0.356 e. The van der Waals surface area contributed by atoms with Gasteiger partial charge >= 0.3 is 5.97 Å². The van der Waals surface area contributed by atoms with Crippen LogP contribution in [0.2, 0.25) is 5.02 Å². The van der Waals surface area contributed by atoms with E-state index in [1.54, 1.807) is 6.07 Å². The molecule has 0 aliphatic heterocycles. The summed E-state index contributed by atoms with van der Waals surface area (Å²) in [5.41, 5.74) is 2.81. The number of aryl methyl sites for hydroxylation is 2. The van der Waals surface area contributed by atoms with Crippen molar-refractivity contribution in [1.29, 1.82) is 0 Å². The highest BCUT2D eigenvalue weighted by molar-refractivity contribution is 9.10. The molecule has 1 heterocycles. The lowest BCUT2D eigenvalue weighted by Gasteiger charge is -2.13. The molecular formula is C14H12BrClN2O2. The summed E-state index contributed by atoms with van der Waals surface area (Å²) in [6.07, 6.45) is 0. The minimum absolute atomic E-state index is 0.118. The lowest BCUT2D eigenvalue weighted by molar-refractivity contribution is 0.0691. The second-order valence-corrected chi connectivity index (χ2v) is 5.69. The topological polar surface area (TPSA) is 62.2 Å². The molecule has 4 nitrogen and oxygen atoms in total. The van der Waals surface area contributed by atoms with Gasteiger partial charge in [-0.2, -0.15) is 0 Å². The molecule has 1 aromatic heterocycles. The zero-order valence-corrected chi connectivity index (χ0v) is 13.2. The molecule has 0 saturated carbocycles. The number of pyridine rings is 1. The highest BCUT2D eigenvalue weighted by atomic mass is 79.9. The first-order valence-corrected chi connectivity index (χ1v) is 6.99. The average Bonchev–Trinajstić information content (AvgIpc) is 2.35. The largest absolute Gasteiger partial charge is 0.476 e. The molecular weight excluding hydrogens is 344 g/mol. The maximum absolute atomic E-state index is 11.0. The number of carboxylic acid groups (broad SMARTS) is 1. The molecule has 0 aliphatic rings. The molecule has 0 spiro atoms. The van der Waals surface area contributed by atoms with Crippen LogP contribution in [0.1, 0.15) is 21.6 Å². The van der Waals surface area contributed by atoms with Crippen LogP contribution in [-0.2, 0) is 0 Å². The Bertz CT molecular complexity index is 666. The second-order valence-electron chi connectivity index (χ2n) is 4.37. The quantitative estimate of drug-likeness (QED) is 0.847. The van der Waals surface area contributed by atoms with Gasteiger partial charge in [-0.1, -0.05) is 27.5 Å². The van der Waals surface area contributed by atoms with Crippen molar-refractivity contribution in [3.05, 3.63) is 50.6 Å². The molecule has 0 unspecified atom stereocenters. The van der Waals surface area contributed by atoms with Crippen LogP contribution in [0.5, 0.6) is 0 Å². The highest BCUT2D eigenvalue weighted by Crippen LogP contribution is 2.28. The molecule has 0 aliphatic carbocycles. The molecule has 2 rings (SSSR count). The zero-order valence-electron chi connectivity index (χ0n) is 10.9. The average molecular weight is 356 g/mol. The van der Waals surface area contributed by atoms with Crippen LogP contribution >= 0.6 is 27.5 Å². The third-order valence-electron chi connectivity index (χ3n) is 2.80. The van der Waals surface area contributed by atoms with Gasteiger partial charge in [0.25, 0.3) is 0 Å². The first-order chi connectivity index (χ1) is 9.38. The van der Waals surface area contributed by atoms with Gasteiger partial charge in [-0.15, -0.1) is 0 Å². The summed E-state index contributed by atoms with van der Waals surface area (Å²) in [4.78, 5) is 15.0. The Labute approximate surface area is 129 Å². The van der Waals surface area contributed by atoms with E-state index in [0.717, 1.165) is 21.3 Å². The molecule has 0 atom stereocenters. The van der Waals surface area contributed by atoms with E-state index in [2.05, 4.69) is 26.2 Å². The van der Waals surface area contributed by atoms with Crippen molar-refractivity contribution in [2.75, 3.05) is 5.32 Å². The number of aromatic nitrogens is 1. The van der Waals surface area contributed by atoms with Crippen LogP contribution in [0.3, 0.4) is 0 Å². The Kier molecular flexibility index (Phi) is 4.30. The third-order valence-corrected chi connectivity index (χ3v) is 3.56. The van der Waals surface area contributed by atoms with Crippen molar-refractivity contribution in [2.24, 2.45) is 0 Å². The van der Waals surface area contributed by atoms with Crippen LogP contribution in [-0.4, -0.2) is 16.1 Å². The van der Waals surface area contributed by atoms with Crippen molar-refractivity contribution in [3.63, 3.8) is 0 Å². The minimum atomic E-state index is -1.15. The first-order valence-electron chi connectivity index (χ1n) is 5.82. The van der Waals surface area contributed by atoms with Crippen LogP contribution in [0.4, 0.5) is 11.5 Å². The van der Waals surface area contributed by atoms with Gasteiger partial charge < -0.3 is 10.4 Å². The molecule has 0 radical (unpaired) electrons. The summed E-state index contributed by atoms with van der Waals surface area (Å²) < 4.78 is 0.994. The van der Waals surface area contributed by atoms with E-state index in [1.165, 1.54) is 6.07 Å². The Morgan fingerprint density at radius 3 is 2.45 bits per heavy atom. The maximum atomic E-state index is 11.0. The molecule has 20 heavy (non-hydrogen) atoms. The van der Waals surface area contributed by atoms with Gasteiger partial charge in [0.15, 0.2) is 5.69 Å². The smallest absolute Gasteiger partial charge is 0.356 e. The van der Waals surface area contributed by atoms with Crippen molar-refractivity contribution in [1.82, 2.24) is 4.98 Å². The van der Waals surface area contributed by atoms with Crippen molar-refractivity contribution in [3.8, 4) is 0 Å². The van der Waals surface area contributed by atoms with E-state index in [1.807, 2.05) is 26.0 Å². The molecule has 2 aromatic rings. The predicted octanol–water partition coefficient (Wildman–Crippen LogP) is 4.56. The van der Waals surface area contributed by atoms with Gasteiger partial charge in [-0.05, 0) is 49.2 Å². The van der Waals surface area contributed by atoms with Gasteiger partial charge in [0, 0.05) is 10.2 Å². The van der Waals surface area contributed by atoms with Gasteiger partial charge in [0.1, 0.15) is 5.82 Å². The molecule has 104 valence electrons. The predicted molar refractivity (Wildman–Crippen MR) is 83.1 cm³/mol. The van der Waals surface area contributed by atoms with E-state index in [4.69, 9.17) is 16.7 Å². The number of carboxylic acids is 1. The molecule has 0 bridgehead atoms. The summed E-state index contributed by atoms with van der Waals surface area (Å²) in [6, 6.07) is 7.12. The van der Waals surface area contributed by atoms with Crippen LogP contribution in [0.25, 0.3) is 0 Å². The lowest BCUT2D eigenvalue weighted by atomic mass is 10.1. The first kappa shape index (κ1) is 14.8. The Hall–Kier alpha value is -1.59. The van der Waals surface area contributed by atoms with E-state index in [9.17, 15) is 4.79 Å². The molecule has 0 saturated heterocycles. The summed E-state index contributed by atoms with van der Waals surface area (Å²) in [5.74, 6) is -0.705. The fourth-order valence-corrected chi connectivity index (χ4v) is 2.77. The molecule has 6 heteroatoms. The SMILES string of the molecule is Cc1cc(Br)cc(C)c1Nc1ccc(Cl)c(C(=O)O)n1. The number of rotatable bonds is 3. The molecule has 2 N–H and O–H groups in total. The van der Waals surface area contributed by atoms with Crippen LogP contribution in [0.15, 0.2) is 28.7 Å². The normalized spacial score (nSPS) is 10.4. The number of aromatic carboxylic acids is 1. The molecule has 1 aromatic carbocycles. The Morgan fingerprint density at radius 2 is 1.90 bits per heavy atom. The zero-order chi connectivity index (χ0) is 14.9. The van der Waals surface area contributed by atoms with E-state index in [-0.39, 0.29) is 10.7 Å². The summed E-state index contributed by atoms with van der Waals surface area (Å²) >= 11 is 9.23. The number of nitrogens with zero attached hydrogens (tertiary/aromatic N) is 1. The Balaban J connectivity index is 2.41. The highest BCUT2D eigenvalue weighted by Gasteiger charge is 2.12. The van der Waals surface area contributed by atoms with E-state index < -0.39 is 5.97 Å². The van der Waals surface area contributed by atoms with Gasteiger partial charge in [0.2, 0.25) is 0 Å². The number of nitrogens with one attached hydrogen (secondary N) is 1. The number of hydrogen-bond acceptors (Lipinski definition) is 3. The second kappa shape index (κ2) is 5.81. The third kappa shape index (κ3) is 3.11. The summed E-state index contributed by atoms with van der Waals surface area (Å²) in [6.45, 7) is 3.93. The van der Waals surface area contributed by atoms with Crippen molar-refractivity contribution in [2.45, 2.75) is 13.8 Å². The number of halogens is 2. The number of carbonyl (C=O) groups is 1. The number of anilines is 2. The molecule has 0 amide bonds. The van der Waals surface area contributed by atoms with Crippen molar-refractivity contribution >= 4 is 45.0 Å². The van der Waals surface area contributed by atoms with E-state index >= 15 is 0 Å². The lowest BCUT2D eigenvalue weighted by Crippen LogP contribution is -2.05. The van der Waals surface area contributed by atoms with Crippen LogP contribution < -0.4 is 5.32 Å². The van der Waals surface area contributed by atoms with Crippen LogP contribution in [0, 0.1) is 13.8 Å². The number of hydrogen-bond donors (Lipinski definition) is 2. The standard InChI is InChI=1S/C14H12BrClN2O2/c1-7-5-9(15)6-8(2)12(7)17-11-4-3-10(16)13(18-11)14(19)20/h3-6H,1-2H3,(H,17,18)(H,19,20). The number of benzene rings is 1. The van der Waals surface area contributed by atoms with Gasteiger partial charge in [0.05, 0.1) is 5.02 Å². The van der Waals surface area contributed by atoms with Gasteiger partial charge in [-0.25, -0.2) is 9.78 Å².